The number of benzene rings is 1. The van der Waals surface area contributed by atoms with Crippen LogP contribution in [0.3, 0.4) is 0 Å². The van der Waals surface area contributed by atoms with Crippen molar-refractivity contribution in [3.63, 3.8) is 0 Å². The highest BCUT2D eigenvalue weighted by molar-refractivity contribution is 5.14. The second kappa shape index (κ2) is 3.97. The molecule has 80 valence electrons. The van der Waals surface area contributed by atoms with Gasteiger partial charge in [0, 0.05) is 12.6 Å². The van der Waals surface area contributed by atoms with E-state index in [1.54, 1.807) is 0 Å². The number of hydrogen-bond donors (Lipinski definition) is 1. The summed E-state index contributed by atoms with van der Waals surface area (Å²) in [6.45, 7) is 1.05. The zero-order chi connectivity index (χ0) is 10.1. The normalized spacial score (nSPS) is 33.5. The largest absolute Gasteiger partial charge is 0.310 e. The molecule has 1 nitrogen and oxygen atoms in total. The van der Waals surface area contributed by atoms with Crippen molar-refractivity contribution < 1.29 is 0 Å². The Bertz CT molecular complexity index is 319. The van der Waals surface area contributed by atoms with E-state index in [2.05, 4.69) is 35.6 Å². The van der Waals surface area contributed by atoms with Crippen LogP contribution in [0.15, 0.2) is 30.3 Å². The average molecular weight is 201 g/mol. The van der Waals surface area contributed by atoms with Crippen molar-refractivity contribution in [1.82, 2.24) is 5.32 Å². The third-order valence-electron chi connectivity index (χ3n) is 4.15. The molecule has 0 aliphatic heterocycles. The van der Waals surface area contributed by atoms with Crippen molar-refractivity contribution in [3.05, 3.63) is 35.9 Å². The van der Waals surface area contributed by atoms with Crippen LogP contribution < -0.4 is 5.32 Å². The summed E-state index contributed by atoms with van der Waals surface area (Å²) < 4.78 is 0. The molecule has 0 amide bonds. The topological polar surface area (TPSA) is 12.0 Å². The zero-order valence-electron chi connectivity index (χ0n) is 9.15. The summed E-state index contributed by atoms with van der Waals surface area (Å²) >= 11 is 0. The minimum atomic E-state index is 0.809. The summed E-state index contributed by atoms with van der Waals surface area (Å²) in [5.41, 5.74) is 1.42. The molecular formula is C14H19N. The maximum atomic E-state index is 3.73. The van der Waals surface area contributed by atoms with E-state index in [0.29, 0.717) is 0 Å². The molecule has 0 radical (unpaired) electrons. The van der Waals surface area contributed by atoms with Gasteiger partial charge in [-0.3, -0.25) is 0 Å². The highest BCUT2D eigenvalue weighted by Crippen LogP contribution is 2.44. The quantitative estimate of drug-likeness (QED) is 0.792. The first-order chi connectivity index (χ1) is 7.42. The Kier molecular flexibility index (Phi) is 2.49. The Hall–Kier alpha value is -0.820. The summed E-state index contributed by atoms with van der Waals surface area (Å²) in [5, 5.41) is 3.73. The molecule has 0 aromatic heterocycles. The van der Waals surface area contributed by atoms with Crippen LogP contribution in [0.2, 0.25) is 0 Å². The first-order valence-corrected chi connectivity index (χ1v) is 6.19. The van der Waals surface area contributed by atoms with E-state index in [9.17, 15) is 0 Å². The van der Waals surface area contributed by atoms with Crippen molar-refractivity contribution in [2.45, 2.75) is 38.3 Å². The van der Waals surface area contributed by atoms with Gasteiger partial charge in [-0.15, -0.1) is 0 Å². The van der Waals surface area contributed by atoms with Crippen LogP contribution in [0.5, 0.6) is 0 Å². The lowest BCUT2D eigenvalue weighted by Crippen LogP contribution is -2.33. The maximum Gasteiger partial charge on any atom is 0.0208 e. The van der Waals surface area contributed by atoms with E-state index in [1.165, 1.54) is 31.2 Å². The van der Waals surface area contributed by atoms with Gasteiger partial charge in [0.2, 0.25) is 0 Å². The molecule has 2 bridgehead atoms. The molecule has 2 fully saturated rings. The summed E-state index contributed by atoms with van der Waals surface area (Å²) in [7, 11) is 0. The molecule has 1 aromatic rings. The maximum absolute atomic E-state index is 3.73. The number of nitrogens with one attached hydrogen (secondary N) is 1. The van der Waals surface area contributed by atoms with Crippen molar-refractivity contribution in [3.8, 4) is 0 Å². The Morgan fingerprint density at radius 1 is 1.07 bits per heavy atom. The highest BCUT2D eigenvalue weighted by atomic mass is 14.9. The molecule has 1 aromatic carbocycles. The van der Waals surface area contributed by atoms with Crippen LogP contribution in [-0.4, -0.2) is 6.04 Å². The summed E-state index contributed by atoms with van der Waals surface area (Å²) in [4.78, 5) is 0. The monoisotopic (exact) mass is 201 g/mol. The van der Waals surface area contributed by atoms with E-state index >= 15 is 0 Å². The van der Waals surface area contributed by atoms with Gasteiger partial charge in [-0.2, -0.15) is 0 Å². The molecule has 0 unspecified atom stereocenters. The standard InChI is InChI=1S/C14H19N/c1-2-4-11(5-3-1)10-15-14-9-12-6-7-13(14)8-12/h1-5,12-15H,6-10H2/t12-,13+,14+/m1/s1. The van der Waals surface area contributed by atoms with Crippen molar-refractivity contribution in [1.29, 1.82) is 0 Å². The Balaban J connectivity index is 1.55. The van der Waals surface area contributed by atoms with Crippen LogP contribution in [0.1, 0.15) is 31.2 Å². The predicted octanol–water partition coefficient (Wildman–Crippen LogP) is 2.96. The van der Waals surface area contributed by atoms with Crippen LogP contribution >= 0.6 is 0 Å². The fraction of sp³-hybridized carbons (Fsp3) is 0.571. The van der Waals surface area contributed by atoms with Crippen LogP contribution in [-0.2, 0) is 6.54 Å². The van der Waals surface area contributed by atoms with Gasteiger partial charge in [-0.1, -0.05) is 36.8 Å². The third kappa shape index (κ3) is 1.93. The third-order valence-corrected chi connectivity index (χ3v) is 4.15. The number of rotatable bonds is 3. The second-order valence-corrected chi connectivity index (χ2v) is 5.15. The van der Waals surface area contributed by atoms with Gasteiger partial charge in [0.05, 0.1) is 0 Å². The molecule has 1 heteroatoms. The van der Waals surface area contributed by atoms with Crippen molar-refractivity contribution in [2.75, 3.05) is 0 Å². The minimum absolute atomic E-state index is 0.809. The summed E-state index contributed by atoms with van der Waals surface area (Å²) in [6, 6.07) is 11.6. The van der Waals surface area contributed by atoms with Crippen molar-refractivity contribution >= 4 is 0 Å². The fourth-order valence-corrected chi connectivity index (χ4v) is 3.34. The van der Waals surface area contributed by atoms with E-state index < -0.39 is 0 Å². The molecule has 2 aliphatic carbocycles. The lowest BCUT2D eigenvalue weighted by molar-refractivity contribution is 0.351. The van der Waals surface area contributed by atoms with Gasteiger partial charge in [-0.05, 0) is 36.7 Å². The van der Waals surface area contributed by atoms with Gasteiger partial charge in [0.1, 0.15) is 0 Å². The zero-order valence-corrected chi connectivity index (χ0v) is 9.15. The Morgan fingerprint density at radius 3 is 2.60 bits per heavy atom. The average Bonchev–Trinajstić information content (AvgIpc) is 2.89. The van der Waals surface area contributed by atoms with Crippen LogP contribution in [0, 0.1) is 11.8 Å². The van der Waals surface area contributed by atoms with Gasteiger partial charge in [0.15, 0.2) is 0 Å². The molecule has 0 spiro atoms. The van der Waals surface area contributed by atoms with Crippen molar-refractivity contribution in [2.24, 2.45) is 11.8 Å². The smallest absolute Gasteiger partial charge is 0.0208 e. The van der Waals surface area contributed by atoms with Gasteiger partial charge >= 0.3 is 0 Å². The molecule has 0 heterocycles. The molecule has 3 rings (SSSR count). The van der Waals surface area contributed by atoms with Gasteiger partial charge in [-0.25, -0.2) is 0 Å². The minimum Gasteiger partial charge on any atom is -0.310 e. The summed E-state index contributed by atoms with van der Waals surface area (Å²) in [5.74, 6) is 2.03. The predicted molar refractivity (Wildman–Crippen MR) is 62.5 cm³/mol. The van der Waals surface area contributed by atoms with Crippen LogP contribution in [0.4, 0.5) is 0 Å². The molecule has 0 saturated heterocycles. The highest BCUT2D eigenvalue weighted by Gasteiger charge is 2.38. The Labute approximate surface area is 91.9 Å². The lowest BCUT2D eigenvalue weighted by Gasteiger charge is -2.22. The van der Waals surface area contributed by atoms with E-state index in [0.717, 1.165) is 24.4 Å². The SMILES string of the molecule is c1ccc(CN[C@H]2C[C@@H]3CC[C@H]2C3)cc1. The molecule has 15 heavy (non-hydrogen) atoms. The number of hydrogen-bond acceptors (Lipinski definition) is 1. The summed E-state index contributed by atoms with van der Waals surface area (Å²) in [6.07, 6.45) is 5.88. The molecule has 2 aliphatic rings. The molecule has 3 atom stereocenters. The van der Waals surface area contributed by atoms with Crippen LogP contribution in [0.25, 0.3) is 0 Å². The van der Waals surface area contributed by atoms with E-state index in [-0.39, 0.29) is 0 Å². The molecule has 2 saturated carbocycles. The van der Waals surface area contributed by atoms with Gasteiger partial charge in [0.25, 0.3) is 0 Å². The van der Waals surface area contributed by atoms with Gasteiger partial charge < -0.3 is 5.32 Å². The van der Waals surface area contributed by atoms with E-state index in [4.69, 9.17) is 0 Å². The number of fused-ring (bicyclic) bond motifs is 2. The fourth-order valence-electron chi connectivity index (χ4n) is 3.34. The lowest BCUT2D eigenvalue weighted by atomic mass is 9.95. The molecule has 1 N–H and O–H groups in total. The molecular weight excluding hydrogens is 182 g/mol. The Morgan fingerprint density at radius 2 is 1.93 bits per heavy atom. The first kappa shape index (κ1) is 9.41. The second-order valence-electron chi connectivity index (χ2n) is 5.15. The first-order valence-electron chi connectivity index (χ1n) is 6.19. The van der Waals surface area contributed by atoms with E-state index in [1.807, 2.05) is 0 Å².